The number of amides is 5. The zero-order chi connectivity index (χ0) is 29.5. The van der Waals surface area contributed by atoms with Crippen LogP contribution in [0.1, 0.15) is 52.4 Å². The lowest BCUT2D eigenvalue weighted by atomic mass is 9.88. The SMILES string of the molecule is CC[C@@H]1C=C[C@H]2CCN(C(=O)[C@@H]3CC[C@H]4C=C[C@]5(CCCN5C(=O)CNC(C)=O)C(=O)N43)[C@@H]2C(=O)N1CC(=O)OC. The Morgan fingerprint density at radius 3 is 2.56 bits per heavy atom. The van der Waals surface area contributed by atoms with Gasteiger partial charge in [-0.05, 0) is 38.5 Å². The van der Waals surface area contributed by atoms with Crippen molar-refractivity contribution in [1.82, 2.24) is 24.9 Å². The molecule has 1 spiro atoms. The van der Waals surface area contributed by atoms with E-state index in [9.17, 15) is 28.8 Å². The van der Waals surface area contributed by atoms with Crippen LogP contribution in [0.5, 0.6) is 0 Å². The van der Waals surface area contributed by atoms with Crippen LogP contribution in [-0.4, -0.2) is 118 Å². The third-order valence-electron chi connectivity index (χ3n) is 9.31. The van der Waals surface area contributed by atoms with E-state index in [2.05, 4.69) is 5.32 Å². The van der Waals surface area contributed by atoms with Crippen molar-refractivity contribution in [3.05, 3.63) is 24.3 Å². The van der Waals surface area contributed by atoms with Crippen molar-refractivity contribution in [3.63, 3.8) is 0 Å². The second-order valence-electron chi connectivity index (χ2n) is 11.5. The lowest BCUT2D eigenvalue weighted by Gasteiger charge is -2.44. The molecule has 5 amide bonds. The average molecular weight is 570 g/mol. The second-order valence-corrected chi connectivity index (χ2v) is 11.5. The van der Waals surface area contributed by atoms with Gasteiger partial charge in [-0.25, -0.2) is 0 Å². The molecule has 222 valence electrons. The number of carbonyl (C=O) groups excluding carboxylic acids is 6. The molecule has 0 aromatic rings. The van der Waals surface area contributed by atoms with E-state index in [1.807, 2.05) is 31.2 Å². The summed E-state index contributed by atoms with van der Waals surface area (Å²) in [5, 5.41) is 2.52. The fourth-order valence-electron chi connectivity index (χ4n) is 7.24. The van der Waals surface area contributed by atoms with Gasteiger partial charge in [0.15, 0.2) is 0 Å². The summed E-state index contributed by atoms with van der Waals surface area (Å²) in [6, 6.07) is -2.06. The number of rotatable bonds is 6. The van der Waals surface area contributed by atoms with Crippen LogP contribution in [-0.2, 0) is 33.5 Å². The van der Waals surface area contributed by atoms with Gasteiger partial charge in [0.1, 0.15) is 24.2 Å². The molecule has 0 unspecified atom stereocenters. The van der Waals surface area contributed by atoms with Gasteiger partial charge in [-0.3, -0.25) is 28.8 Å². The highest BCUT2D eigenvalue weighted by Gasteiger charge is 2.57. The monoisotopic (exact) mass is 569 g/mol. The Morgan fingerprint density at radius 2 is 1.85 bits per heavy atom. The molecule has 5 aliphatic heterocycles. The van der Waals surface area contributed by atoms with Crippen molar-refractivity contribution in [2.24, 2.45) is 5.92 Å². The summed E-state index contributed by atoms with van der Waals surface area (Å²) in [5.74, 6) is -2.22. The molecule has 5 heterocycles. The van der Waals surface area contributed by atoms with Crippen LogP contribution in [0.25, 0.3) is 0 Å². The molecule has 12 heteroatoms. The Hall–Kier alpha value is -3.70. The van der Waals surface area contributed by atoms with Crippen molar-refractivity contribution < 1.29 is 33.5 Å². The molecular weight excluding hydrogens is 530 g/mol. The van der Waals surface area contributed by atoms with Crippen LogP contribution < -0.4 is 5.32 Å². The summed E-state index contributed by atoms with van der Waals surface area (Å²) in [6.07, 6.45) is 11.0. The van der Waals surface area contributed by atoms with E-state index in [4.69, 9.17) is 4.74 Å². The van der Waals surface area contributed by atoms with Gasteiger partial charge in [-0.15, -0.1) is 0 Å². The number of hydrogen-bond donors (Lipinski definition) is 1. The normalized spacial score (nSPS) is 32.3. The summed E-state index contributed by atoms with van der Waals surface area (Å²) < 4.78 is 4.83. The lowest BCUT2D eigenvalue weighted by molar-refractivity contribution is -0.157. The maximum absolute atomic E-state index is 14.2. The summed E-state index contributed by atoms with van der Waals surface area (Å²) in [6.45, 7) is 3.63. The third kappa shape index (κ3) is 4.91. The van der Waals surface area contributed by atoms with Gasteiger partial charge in [0.05, 0.1) is 25.7 Å². The van der Waals surface area contributed by atoms with Gasteiger partial charge in [0.2, 0.25) is 23.6 Å². The Balaban J connectivity index is 1.38. The van der Waals surface area contributed by atoms with Crippen LogP contribution in [0, 0.1) is 5.92 Å². The number of likely N-dealkylation sites (tertiary alicyclic amines) is 2. The van der Waals surface area contributed by atoms with Gasteiger partial charge in [0, 0.05) is 25.9 Å². The maximum atomic E-state index is 14.2. The molecule has 0 aromatic heterocycles. The Kier molecular flexibility index (Phi) is 7.93. The zero-order valence-corrected chi connectivity index (χ0v) is 23.9. The third-order valence-corrected chi connectivity index (χ3v) is 9.31. The van der Waals surface area contributed by atoms with Gasteiger partial charge in [0.25, 0.3) is 5.91 Å². The highest BCUT2D eigenvalue weighted by atomic mass is 16.5. The van der Waals surface area contributed by atoms with Crippen molar-refractivity contribution >= 4 is 35.5 Å². The van der Waals surface area contributed by atoms with E-state index in [1.165, 1.54) is 23.8 Å². The van der Waals surface area contributed by atoms with Gasteiger partial charge < -0.3 is 29.7 Å². The fraction of sp³-hybridized carbons (Fsp3) is 0.655. The molecule has 0 saturated carbocycles. The molecular formula is C29H39N5O7. The largest absolute Gasteiger partial charge is 0.468 e. The minimum Gasteiger partial charge on any atom is -0.468 e. The van der Waals surface area contributed by atoms with Crippen molar-refractivity contribution in [1.29, 1.82) is 0 Å². The minimum absolute atomic E-state index is 0.180. The molecule has 6 atom stereocenters. The number of nitrogens with one attached hydrogen (secondary N) is 1. The van der Waals surface area contributed by atoms with Crippen molar-refractivity contribution in [3.8, 4) is 0 Å². The van der Waals surface area contributed by atoms with E-state index in [-0.39, 0.29) is 60.6 Å². The average Bonchev–Trinajstić information content (AvgIpc) is 3.68. The number of nitrogens with zero attached hydrogens (tertiary/aromatic N) is 4. The minimum atomic E-state index is -1.19. The Morgan fingerprint density at radius 1 is 1.07 bits per heavy atom. The molecule has 0 bridgehead atoms. The number of hydrogen-bond acceptors (Lipinski definition) is 7. The lowest BCUT2D eigenvalue weighted by Crippen LogP contribution is -2.64. The van der Waals surface area contributed by atoms with Crippen LogP contribution in [0.3, 0.4) is 0 Å². The molecule has 1 N–H and O–H groups in total. The number of esters is 1. The molecule has 5 rings (SSSR count). The van der Waals surface area contributed by atoms with E-state index in [0.29, 0.717) is 51.6 Å². The predicted molar refractivity (Wildman–Crippen MR) is 146 cm³/mol. The topological polar surface area (TPSA) is 137 Å². The summed E-state index contributed by atoms with van der Waals surface area (Å²) in [7, 11) is 1.28. The highest BCUT2D eigenvalue weighted by Crippen LogP contribution is 2.42. The number of methoxy groups -OCH3 is 1. The Bertz CT molecular complexity index is 1200. The summed E-state index contributed by atoms with van der Waals surface area (Å²) in [5.41, 5.74) is -1.19. The van der Waals surface area contributed by atoms with Crippen LogP contribution >= 0.6 is 0 Å². The maximum Gasteiger partial charge on any atom is 0.325 e. The standard InChI is InChI=1S/C29H39N5O7/c1-4-20-7-6-19-11-15-31(25(19)27(39)32(20)17-24(37)41-3)26(38)22-9-8-21-10-13-29(28(40)34(21)22)12-5-14-33(29)23(36)16-30-18(2)35/h6-7,10,13,19-22,25H,4-5,8-9,11-12,14-17H2,1-3H3,(H,30,35)/t19-,20+,21-,22-,25-,29+/m0/s1. The first-order valence-electron chi connectivity index (χ1n) is 14.6. The zero-order valence-electron chi connectivity index (χ0n) is 23.9. The smallest absolute Gasteiger partial charge is 0.325 e. The molecule has 0 radical (unpaired) electrons. The van der Waals surface area contributed by atoms with Gasteiger partial charge >= 0.3 is 5.97 Å². The molecule has 3 fully saturated rings. The first-order valence-corrected chi connectivity index (χ1v) is 14.6. The van der Waals surface area contributed by atoms with Crippen LogP contribution in [0.15, 0.2) is 24.3 Å². The fourth-order valence-corrected chi connectivity index (χ4v) is 7.24. The van der Waals surface area contributed by atoms with Gasteiger partial charge in [-0.2, -0.15) is 0 Å². The molecule has 0 aliphatic carbocycles. The predicted octanol–water partition coefficient (Wildman–Crippen LogP) is -0.0198. The molecule has 12 nitrogen and oxygen atoms in total. The first-order chi connectivity index (χ1) is 19.6. The molecule has 0 aromatic carbocycles. The first kappa shape index (κ1) is 28.8. The van der Waals surface area contributed by atoms with Crippen molar-refractivity contribution in [2.75, 3.05) is 33.3 Å². The number of carbonyl (C=O) groups is 6. The van der Waals surface area contributed by atoms with E-state index >= 15 is 0 Å². The molecule has 41 heavy (non-hydrogen) atoms. The number of fused-ring (bicyclic) bond motifs is 2. The Labute approximate surface area is 239 Å². The highest BCUT2D eigenvalue weighted by molar-refractivity contribution is 6.00. The summed E-state index contributed by atoms with van der Waals surface area (Å²) in [4.78, 5) is 85.1. The number of ether oxygens (including phenoxy) is 1. The second kappa shape index (κ2) is 11.3. The van der Waals surface area contributed by atoms with Crippen LogP contribution in [0.4, 0.5) is 0 Å². The van der Waals surface area contributed by atoms with Crippen LogP contribution in [0.2, 0.25) is 0 Å². The van der Waals surface area contributed by atoms with E-state index < -0.39 is 23.6 Å². The molecule has 3 saturated heterocycles. The van der Waals surface area contributed by atoms with E-state index in [1.54, 1.807) is 9.80 Å². The van der Waals surface area contributed by atoms with Crippen molar-refractivity contribution in [2.45, 2.75) is 82.1 Å². The van der Waals surface area contributed by atoms with E-state index in [0.717, 1.165) is 0 Å². The quantitative estimate of drug-likeness (QED) is 0.351. The van der Waals surface area contributed by atoms with Gasteiger partial charge in [-0.1, -0.05) is 31.2 Å². The molecule has 5 aliphatic rings. The summed E-state index contributed by atoms with van der Waals surface area (Å²) >= 11 is 0.